The first-order chi connectivity index (χ1) is 16.5. The molecule has 0 spiro atoms. The molecule has 0 aliphatic heterocycles. The topological polar surface area (TPSA) is 86.7 Å². The van der Waals surface area contributed by atoms with E-state index in [0.29, 0.717) is 28.7 Å². The van der Waals surface area contributed by atoms with Crippen LogP contribution in [0.3, 0.4) is 0 Å². The summed E-state index contributed by atoms with van der Waals surface area (Å²) in [6, 6.07) is 10.0. The molecule has 4 heterocycles. The van der Waals surface area contributed by atoms with Crippen LogP contribution >= 0.6 is 23.1 Å². The third-order valence-corrected chi connectivity index (χ3v) is 7.75. The predicted molar refractivity (Wildman–Crippen MR) is 136 cm³/mol. The molecule has 0 fully saturated rings. The molecular weight excluding hydrogens is 466 g/mol. The van der Waals surface area contributed by atoms with Crippen molar-refractivity contribution in [3.8, 4) is 22.5 Å². The van der Waals surface area contributed by atoms with Crippen LogP contribution in [0, 0.1) is 13.8 Å². The van der Waals surface area contributed by atoms with Crippen LogP contribution in [0.2, 0.25) is 0 Å². The van der Waals surface area contributed by atoms with Crippen molar-refractivity contribution < 1.29 is 4.52 Å². The largest absolute Gasteiger partial charge is 0.339 e. The van der Waals surface area contributed by atoms with Crippen LogP contribution < -0.4 is 5.56 Å². The van der Waals surface area contributed by atoms with Gasteiger partial charge in [-0.25, -0.2) is 4.98 Å². The second kappa shape index (κ2) is 9.52. The Morgan fingerprint density at radius 1 is 1.06 bits per heavy atom. The highest BCUT2D eigenvalue weighted by Gasteiger charge is 2.16. The molecule has 0 saturated heterocycles. The van der Waals surface area contributed by atoms with Gasteiger partial charge in [-0.3, -0.25) is 14.3 Å². The molecule has 0 atom stereocenters. The summed E-state index contributed by atoms with van der Waals surface area (Å²) in [4.78, 5) is 27.3. The van der Waals surface area contributed by atoms with Gasteiger partial charge in [0.25, 0.3) is 5.56 Å². The number of thiophene rings is 1. The van der Waals surface area contributed by atoms with Crippen molar-refractivity contribution in [2.24, 2.45) is 7.05 Å². The fourth-order valence-electron chi connectivity index (χ4n) is 3.67. The van der Waals surface area contributed by atoms with Gasteiger partial charge in [0.1, 0.15) is 4.83 Å². The molecule has 9 heteroatoms. The maximum Gasteiger partial charge on any atom is 0.263 e. The zero-order valence-electron chi connectivity index (χ0n) is 19.1. The van der Waals surface area contributed by atoms with Crippen molar-refractivity contribution in [2.75, 3.05) is 5.75 Å². The van der Waals surface area contributed by atoms with Crippen molar-refractivity contribution in [1.82, 2.24) is 24.7 Å². The van der Waals surface area contributed by atoms with Gasteiger partial charge in [-0.2, -0.15) is 4.98 Å². The van der Waals surface area contributed by atoms with Crippen LogP contribution in [0.1, 0.15) is 23.4 Å². The molecular formula is C25H23N5O2S2. The summed E-state index contributed by atoms with van der Waals surface area (Å²) in [5.41, 5.74) is 5.32. The molecule has 4 aromatic heterocycles. The van der Waals surface area contributed by atoms with E-state index in [1.54, 1.807) is 35.8 Å². The molecule has 0 amide bonds. The normalized spacial score (nSPS) is 11.4. The maximum absolute atomic E-state index is 13.2. The summed E-state index contributed by atoms with van der Waals surface area (Å²) < 4.78 is 7.02. The van der Waals surface area contributed by atoms with E-state index in [-0.39, 0.29) is 5.56 Å². The lowest BCUT2D eigenvalue weighted by atomic mass is 10.0. The predicted octanol–water partition coefficient (Wildman–Crippen LogP) is 5.45. The summed E-state index contributed by atoms with van der Waals surface area (Å²) in [6.07, 6.45) is 4.90. The maximum atomic E-state index is 13.2. The van der Waals surface area contributed by atoms with Crippen LogP contribution in [0.4, 0.5) is 0 Å². The van der Waals surface area contributed by atoms with Gasteiger partial charge in [-0.15, -0.1) is 11.3 Å². The van der Waals surface area contributed by atoms with Gasteiger partial charge < -0.3 is 4.52 Å². The van der Waals surface area contributed by atoms with Gasteiger partial charge in [0, 0.05) is 48.1 Å². The van der Waals surface area contributed by atoms with E-state index in [0.717, 1.165) is 33.7 Å². The molecule has 5 aromatic rings. The van der Waals surface area contributed by atoms with E-state index in [4.69, 9.17) is 9.51 Å². The number of benzene rings is 1. The van der Waals surface area contributed by atoms with Gasteiger partial charge in [0.15, 0.2) is 5.16 Å². The lowest BCUT2D eigenvalue weighted by molar-refractivity contribution is 0.378. The third-order valence-electron chi connectivity index (χ3n) is 5.76. The van der Waals surface area contributed by atoms with E-state index in [2.05, 4.69) is 47.2 Å². The Morgan fingerprint density at radius 2 is 1.88 bits per heavy atom. The molecule has 7 nitrogen and oxygen atoms in total. The second-order valence-electron chi connectivity index (χ2n) is 8.09. The molecule has 0 aliphatic carbocycles. The molecule has 0 radical (unpaired) electrons. The van der Waals surface area contributed by atoms with Crippen LogP contribution in [0.25, 0.3) is 32.7 Å². The number of aromatic nitrogens is 5. The Bertz CT molecular complexity index is 1520. The summed E-state index contributed by atoms with van der Waals surface area (Å²) >= 11 is 3.09. The Hall–Kier alpha value is -3.30. The molecule has 0 saturated carbocycles. The molecule has 34 heavy (non-hydrogen) atoms. The Balaban J connectivity index is 1.28. The van der Waals surface area contributed by atoms with Crippen LogP contribution in [-0.2, 0) is 13.5 Å². The number of fused-ring (bicyclic) bond motifs is 1. The number of hydrogen-bond acceptors (Lipinski definition) is 8. The van der Waals surface area contributed by atoms with Crippen molar-refractivity contribution in [3.05, 3.63) is 75.5 Å². The van der Waals surface area contributed by atoms with Crippen LogP contribution in [0.5, 0.6) is 0 Å². The first kappa shape index (κ1) is 22.5. The minimum absolute atomic E-state index is 0.0131. The Labute approximate surface area is 204 Å². The molecule has 0 bridgehead atoms. The SMILES string of the molecule is Cc1ccc(-c2csc3nc(SCCCc4nc(-c5ccncc5)no4)n(C)c(=O)c23)cc1C. The average molecular weight is 490 g/mol. The highest BCUT2D eigenvalue weighted by molar-refractivity contribution is 7.99. The number of nitrogens with zero attached hydrogens (tertiary/aromatic N) is 5. The van der Waals surface area contributed by atoms with Crippen LogP contribution in [-0.4, -0.2) is 30.4 Å². The summed E-state index contributed by atoms with van der Waals surface area (Å²) in [6.45, 7) is 4.18. The lowest BCUT2D eigenvalue weighted by Crippen LogP contribution is -2.19. The minimum Gasteiger partial charge on any atom is -0.339 e. The molecule has 0 aliphatic rings. The van der Waals surface area contributed by atoms with Crippen LogP contribution in [0.15, 0.2) is 62.6 Å². The van der Waals surface area contributed by atoms with Crippen molar-refractivity contribution in [3.63, 3.8) is 0 Å². The van der Waals surface area contributed by atoms with E-state index < -0.39 is 0 Å². The summed E-state index contributed by atoms with van der Waals surface area (Å²) in [7, 11) is 1.79. The Morgan fingerprint density at radius 3 is 2.68 bits per heavy atom. The number of rotatable bonds is 7. The highest BCUT2D eigenvalue weighted by Crippen LogP contribution is 2.33. The zero-order chi connectivity index (χ0) is 23.7. The monoisotopic (exact) mass is 489 g/mol. The fourth-order valence-corrected chi connectivity index (χ4v) is 5.56. The molecule has 5 rings (SSSR count). The van der Waals surface area contributed by atoms with Gasteiger partial charge in [-0.05, 0) is 49.1 Å². The summed E-state index contributed by atoms with van der Waals surface area (Å²) in [5.74, 6) is 1.95. The van der Waals surface area contributed by atoms with Gasteiger partial charge in [0.2, 0.25) is 11.7 Å². The third kappa shape index (κ3) is 4.41. The van der Waals surface area contributed by atoms with Gasteiger partial charge in [-0.1, -0.05) is 35.1 Å². The fraction of sp³-hybridized carbons (Fsp3) is 0.240. The van der Waals surface area contributed by atoms with Gasteiger partial charge >= 0.3 is 0 Å². The zero-order valence-corrected chi connectivity index (χ0v) is 20.7. The van der Waals surface area contributed by atoms with Crippen molar-refractivity contribution in [2.45, 2.75) is 31.8 Å². The minimum atomic E-state index is -0.0131. The second-order valence-corrected chi connectivity index (χ2v) is 10.0. The van der Waals surface area contributed by atoms with E-state index >= 15 is 0 Å². The molecule has 0 unspecified atom stereocenters. The van der Waals surface area contributed by atoms with Gasteiger partial charge in [0.05, 0.1) is 5.39 Å². The molecule has 172 valence electrons. The average Bonchev–Trinajstić information content (AvgIpc) is 3.49. The van der Waals surface area contributed by atoms with Crippen molar-refractivity contribution in [1.29, 1.82) is 0 Å². The first-order valence-electron chi connectivity index (χ1n) is 10.9. The number of thioether (sulfide) groups is 1. The quantitative estimate of drug-likeness (QED) is 0.171. The first-order valence-corrected chi connectivity index (χ1v) is 12.8. The lowest BCUT2D eigenvalue weighted by Gasteiger charge is -2.08. The molecule has 1 aromatic carbocycles. The van der Waals surface area contributed by atoms with E-state index in [1.165, 1.54) is 22.5 Å². The Kier molecular flexibility index (Phi) is 6.30. The standard InChI is InChI=1S/C25H23N5O2S2/c1-15-6-7-18(13-16(15)2)19-14-34-23-21(19)24(31)30(3)25(28-23)33-12-4-5-20-27-22(29-32-20)17-8-10-26-11-9-17/h6-11,13-14H,4-5,12H2,1-3H3. The highest BCUT2D eigenvalue weighted by atomic mass is 32.2. The van der Waals surface area contributed by atoms with E-state index in [9.17, 15) is 4.79 Å². The summed E-state index contributed by atoms with van der Waals surface area (Å²) in [5, 5.41) is 7.48. The molecule has 0 N–H and O–H groups in total. The van der Waals surface area contributed by atoms with E-state index in [1.807, 2.05) is 17.5 Å². The number of aryl methyl sites for hydroxylation is 3. The number of pyridine rings is 1. The smallest absolute Gasteiger partial charge is 0.263 e. The van der Waals surface area contributed by atoms with Crippen molar-refractivity contribution >= 4 is 33.3 Å². The number of hydrogen-bond donors (Lipinski definition) is 0.